The summed E-state index contributed by atoms with van der Waals surface area (Å²) in [6.45, 7) is 4.30. The van der Waals surface area contributed by atoms with Gasteiger partial charge in [-0.15, -0.1) is 0 Å². The van der Waals surface area contributed by atoms with E-state index in [1.54, 1.807) is 30.3 Å². The number of amidine groups is 1. The van der Waals surface area contributed by atoms with Crippen LogP contribution in [-0.2, 0) is 11.4 Å². The highest BCUT2D eigenvalue weighted by molar-refractivity contribution is 6.32. The monoisotopic (exact) mass is 446 g/mol. The Labute approximate surface area is 184 Å². The number of oxime groups is 1. The molecular weight excluding hydrogens is 427 g/mol. The van der Waals surface area contributed by atoms with Crippen molar-refractivity contribution < 1.29 is 14.4 Å². The van der Waals surface area contributed by atoms with Crippen LogP contribution in [0.25, 0.3) is 0 Å². The van der Waals surface area contributed by atoms with Gasteiger partial charge < -0.3 is 15.3 Å². The number of benzene rings is 2. The van der Waals surface area contributed by atoms with E-state index in [0.29, 0.717) is 33.5 Å². The molecule has 0 aliphatic carbocycles. The van der Waals surface area contributed by atoms with Crippen LogP contribution in [0.2, 0.25) is 10.0 Å². The van der Waals surface area contributed by atoms with E-state index in [-0.39, 0.29) is 5.84 Å². The number of methoxy groups -OCH3 is 1. The molecule has 9 heteroatoms. The first-order chi connectivity index (χ1) is 14.3. The molecule has 2 aromatic carbocycles. The van der Waals surface area contributed by atoms with E-state index in [1.807, 2.05) is 30.7 Å². The van der Waals surface area contributed by atoms with Gasteiger partial charge in [0.1, 0.15) is 5.75 Å². The van der Waals surface area contributed by atoms with Gasteiger partial charge in [-0.2, -0.15) is 5.10 Å². The van der Waals surface area contributed by atoms with Crippen molar-refractivity contribution in [3.63, 3.8) is 0 Å². The first-order valence-electron chi connectivity index (χ1n) is 8.97. The fourth-order valence-corrected chi connectivity index (χ4v) is 3.13. The SMILES string of the molecule is COc1ccc(Cl)cc1/C(N)=N/OC(=O)c1ccc(Cn2nc(C)c(Cl)c2C)cc1. The average Bonchev–Trinajstić information content (AvgIpc) is 2.98. The Morgan fingerprint density at radius 2 is 1.87 bits per heavy atom. The van der Waals surface area contributed by atoms with Crippen LogP contribution >= 0.6 is 23.2 Å². The summed E-state index contributed by atoms with van der Waals surface area (Å²) in [5.41, 5.74) is 9.30. The van der Waals surface area contributed by atoms with Crippen molar-refractivity contribution in [3.8, 4) is 5.75 Å². The summed E-state index contributed by atoms with van der Waals surface area (Å²) in [6.07, 6.45) is 0. The summed E-state index contributed by atoms with van der Waals surface area (Å²) < 4.78 is 7.03. The Hall–Kier alpha value is -3.03. The molecule has 0 saturated carbocycles. The molecular formula is C21H20Cl2N4O3. The standard InChI is InChI=1S/C21H20Cl2N4O3/c1-12-19(23)13(2)27(25-12)11-14-4-6-15(7-5-14)21(28)30-26-20(24)17-10-16(22)8-9-18(17)29-3/h4-10H,11H2,1-3H3,(H2,24,26). The zero-order valence-corrected chi connectivity index (χ0v) is 18.2. The normalized spacial score (nSPS) is 11.4. The number of hydrogen-bond donors (Lipinski definition) is 1. The molecule has 156 valence electrons. The number of nitrogens with two attached hydrogens (primary N) is 1. The van der Waals surface area contributed by atoms with Crippen LogP contribution in [0.5, 0.6) is 5.75 Å². The molecule has 0 radical (unpaired) electrons. The fourth-order valence-electron chi connectivity index (χ4n) is 2.82. The smallest absolute Gasteiger partial charge is 0.365 e. The van der Waals surface area contributed by atoms with E-state index < -0.39 is 5.97 Å². The van der Waals surface area contributed by atoms with Gasteiger partial charge in [0.25, 0.3) is 0 Å². The number of nitrogens with zero attached hydrogens (tertiary/aromatic N) is 3. The van der Waals surface area contributed by atoms with Gasteiger partial charge in [0, 0.05) is 5.02 Å². The predicted octanol–water partition coefficient (Wildman–Crippen LogP) is 4.34. The molecule has 0 spiro atoms. The largest absolute Gasteiger partial charge is 0.496 e. The second-order valence-electron chi connectivity index (χ2n) is 6.54. The van der Waals surface area contributed by atoms with Crippen LogP contribution < -0.4 is 10.5 Å². The number of aryl methyl sites for hydroxylation is 1. The fraction of sp³-hybridized carbons (Fsp3) is 0.190. The maximum absolute atomic E-state index is 12.3. The van der Waals surface area contributed by atoms with E-state index in [0.717, 1.165) is 17.0 Å². The molecule has 1 aromatic heterocycles. The molecule has 0 bridgehead atoms. The summed E-state index contributed by atoms with van der Waals surface area (Å²) in [7, 11) is 1.49. The minimum atomic E-state index is -0.639. The first kappa shape index (κ1) is 21.7. The lowest BCUT2D eigenvalue weighted by atomic mass is 10.1. The molecule has 0 fully saturated rings. The lowest BCUT2D eigenvalue weighted by Gasteiger charge is -2.08. The molecule has 0 saturated heterocycles. The number of carbonyl (C=O) groups excluding carboxylic acids is 1. The molecule has 2 N–H and O–H groups in total. The molecule has 7 nitrogen and oxygen atoms in total. The lowest BCUT2D eigenvalue weighted by molar-refractivity contribution is 0.0516. The summed E-state index contributed by atoms with van der Waals surface area (Å²) in [4.78, 5) is 17.3. The quantitative estimate of drug-likeness (QED) is 0.263. The van der Waals surface area contributed by atoms with Crippen LogP contribution in [-0.4, -0.2) is 28.7 Å². The molecule has 3 rings (SSSR count). The van der Waals surface area contributed by atoms with Crippen molar-refractivity contribution in [1.29, 1.82) is 0 Å². The van der Waals surface area contributed by atoms with Crippen LogP contribution in [0.1, 0.15) is 32.9 Å². The van der Waals surface area contributed by atoms with Gasteiger partial charge in [-0.1, -0.05) is 40.5 Å². The molecule has 30 heavy (non-hydrogen) atoms. The third-order valence-electron chi connectivity index (χ3n) is 4.48. The number of rotatable bonds is 6. The molecule has 0 aliphatic rings. The van der Waals surface area contributed by atoms with Gasteiger partial charge in [-0.25, -0.2) is 4.79 Å². The van der Waals surface area contributed by atoms with Gasteiger partial charge in [0.2, 0.25) is 0 Å². The topological polar surface area (TPSA) is 91.7 Å². The van der Waals surface area contributed by atoms with Crippen LogP contribution in [0.4, 0.5) is 0 Å². The summed E-state index contributed by atoms with van der Waals surface area (Å²) >= 11 is 12.2. The van der Waals surface area contributed by atoms with Crippen molar-refractivity contribution in [2.45, 2.75) is 20.4 Å². The lowest BCUT2D eigenvalue weighted by Crippen LogP contribution is -2.16. The van der Waals surface area contributed by atoms with Crippen molar-refractivity contribution in [1.82, 2.24) is 9.78 Å². The Morgan fingerprint density at radius 3 is 2.47 bits per heavy atom. The zero-order chi connectivity index (χ0) is 21.8. The molecule has 3 aromatic rings. The second kappa shape index (κ2) is 9.19. The van der Waals surface area contributed by atoms with Crippen molar-refractivity contribution >= 4 is 35.0 Å². The van der Waals surface area contributed by atoms with Crippen molar-refractivity contribution in [2.75, 3.05) is 7.11 Å². The van der Waals surface area contributed by atoms with Crippen LogP contribution in [0.15, 0.2) is 47.6 Å². The third kappa shape index (κ3) is 4.75. The molecule has 0 unspecified atom stereocenters. The summed E-state index contributed by atoms with van der Waals surface area (Å²) in [5, 5.41) is 9.22. The molecule has 0 amide bonds. The number of carbonyl (C=O) groups is 1. The van der Waals surface area contributed by atoms with Gasteiger partial charge in [0.05, 0.1) is 41.2 Å². The maximum atomic E-state index is 12.3. The van der Waals surface area contributed by atoms with E-state index in [1.165, 1.54) is 7.11 Å². The molecule has 0 atom stereocenters. The Kier molecular flexibility index (Phi) is 6.64. The average molecular weight is 447 g/mol. The van der Waals surface area contributed by atoms with Gasteiger partial charge in [-0.3, -0.25) is 4.68 Å². The van der Waals surface area contributed by atoms with Gasteiger partial charge in [0.15, 0.2) is 5.84 Å². The number of ether oxygens (including phenoxy) is 1. The Morgan fingerprint density at radius 1 is 1.17 bits per heavy atom. The number of halogens is 2. The summed E-state index contributed by atoms with van der Waals surface area (Å²) in [6, 6.07) is 11.8. The number of aromatic nitrogens is 2. The highest BCUT2D eigenvalue weighted by atomic mass is 35.5. The van der Waals surface area contributed by atoms with Gasteiger partial charge in [-0.05, 0) is 49.7 Å². The van der Waals surface area contributed by atoms with Crippen molar-refractivity contribution in [3.05, 3.63) is 80.6 Å². The Bertz CT molecular complexity index is 1110. The molecule has 0 aliphatic heterocycles. The van der Waals surface area contributed by atoms with Crippen LogP contribution in [0, 0.1) is 13.8 Å². The van der Waals surface area contributed by atoms with E-state index in [9.17, 15) is 4.79 Å². The minimum Gasteiger partial charge on any atom is -0.496 e. The Balaban J connectivity index is 1.69. The van der Waals surface area contributed by atoms with E-state index in [4.69, 9.17) is 38.5 Å². The molecule has 1 heterocycles. The van der Waals surface area contributed by atoms with Gasteiger partial charge >= 0.3 is 5.97 Å². The first-order valence-corrected chi connectivity index (χ1v) is 9.73. The highest BCUT2D eigenvalue weighted by Crippen LogP contribution is 2.23. The summed E-state index contributed by atoms with van der Waals surface area (Å²) in [5.74, 6) is -0.203. The second-order valence-corrected chi connectivity index (χ2v) is 7.35. The zero-order valence-electron chi connectivity index (χ0n) is 16.6. The van der Waals surface area contributed by atoms with Crippen LogP contribution in [0.3, 0.4) is 0 Å². The van der Waals surface area contributed by atoms with E-state index in [2.05, 4.69) is 10.3 Å². The number of hydrogen-bond acceptors (Lipinski definition) is 5. The minimum absolute atomic E-state index is 0.0271. The van der Waals surface area contributed by atoms with E-state index >= 15 is 0 Å². The highest BCUT2D eigenvalue weighted by Gasteiger charge is 2.13. The third-order valence-corrected chi connectivity index (χ3v) is 5.26. The maximum Gasteiger partial charge on any atom is 0.365 e. The predicted molar refractivity (Wildman–Crippen MR) is 116 cm³/mol. The van der Waals surface area contributed by atoms with Crippen molar-refractivity contribution in [2.24, 2.45) is 10.9 Å².